The number of nitrogens with zero attached hydrogens (tertiary/aromatic N) is 1. The van der Waals surface area contributed by atoms with Gasteiger partial charge in [-0.15, -0.1) is 13.2 Å². The number of hydrogen-bond acceptors (Lipinski definition) is 3. The molecule has 0 bridgehead atoms. The van der Waals surface area contributed by atoms with E-state index in [4.69, 9.17) is 17.3 Å². The molecule has 0 atom stereocenters. The molecule has 0 fully saturated rings. The van der Waals surface area contributed by atoms with E-state index in [9.17, 15) is 13.2 Å². The van der Waals surface area contributed by atoms with Gasteiger partial charge in [0.05, 0.1) is 10.7 Å². The van der Waals surface area contributed by atoms with Crippen LogP contribution in [0.2, 0.25) is 5.02 Å². The number of hydrogen-bond donors (Lipinski definition) is 1. The Morgan fingerprint density at radius 2 is 2.00 bits per heavy atom. The number of nitrogens with two attached hydrogens (primary N) is 1. The van der Waals surface area contributed by atoms with Gasteiger partial charge in [-0.25, -0.2) is 0 Å². The van der Waals surface area contributed by atoms with E-state index >= 15 is 0 Å². The molecule has 1 aromatic heterocycles. The smallest absolute Gasteiger partial charge is 0.403 e. The van der Waals surface area contributed by atoms with Gasteiger partial charge in [0.1, 0.15) is 5.52 Å². The van der Waals surface area contributed by atoms with Gasteiger partial charge in [-0.2, -0.15) is 0 Å². The summed E-state index contributed by atoms with van der Waals surface area (Å²) in [5.74, 6) is -0.404. The van der Waals surface area contributed by atoms with Crippen molar-refractivity contribution in [2.75, 3.05) is 5.73 Å². The molecule has 0 unspecified atom stereocenters. The number of anilines is 1. The number of halogens is 4. The molecule has 0 aliphatic heterocycles. The summed E-state index contributed by atoms with van der Waals surface area (Å²) in [6.45, 7) is 0. The van der Waals surface area contributed by atoms with E-state index in [2.05, 4.69) is 9.72 Å². The van der Waals surface area contributed by atoms with E-state index in [0.717, 1.165) is 6.07 Å². The largest absolute Gasteiger partial charge is 0.573 e. The second-order valence-corrected chi connectivity index (χ2v) is 3.63. The summed E-state index contributed by atoms with van der Waals surface area (Å²) in [6, 6.07) is 4.07. The van der Waals surface area contributed by atoms with Crippen molar-refractivity contribution in [1.29, 1.82) is 0 Å². The second kappa shape index (κ2) is 3.96. The Bertz CT molecular complexity index is 571. The van der Waals surface area contributed by atoms with Gasteiger partial charge in [-0.3, -0.25) is 4.98 Å². The van der Waals surface area contributed by atoms with E-state index in [-0.39, 0.29) is 16.2 Å². The monoisotopic (exact) mass is 262 g/mol. The molecule has 0 aliphatic rings. The highest BCUT2D eigenvalue weighted by atomic mass is 35.5. The number of rotatable bonds is 1. The van der Waals surface area contributed by atoms with Crippen molar-refractivity contribution >= 4 is 28.2 Å². The minimum Gasteiger partial charge on any atom is -0.403 e. The van der Waals surface area contributed by atoms with E-state index in [1.807, 2.05) is 0 Å². The van der Waals surface area contributed by atoms with Crippen molar-refractivity contribution < 1.29 is 17.9 Å². The third-order valence-corrected chi connectivity index (χ3v) is 2.38. The van der Waals surface area contributed by atoms with Crippen molar-refractivity contribution in [2.45, 2.75) is 6.36 Å². The van der Waals surface area contributed by atoms with Crippen molar-refractivity contribution in [1.82, 2.24) is 4.98 Å². The van der Waals surface area contributed by atoms with Gasteiger partial charge in [0.25, 0.3) is 0 Å². The Morgan fingerprint density at radius 1 is 1.29 bits per heavy atom. The molecule has 2 N–H and O–H groups in total. The lowest BCUT2D eigenvalue weighted by Gasteiger charge is -2.11. The molecule has 1 aromatic carbocycles. The Balaban J connectivity index is 2.63. The van der Waals surface area contributed by atoms with Crippen LogP contribution in [0.15, 0.2) is 24.4 Å². The van der Waals surface area contributed by atoms with Crippen LogP contribution in [0, 0.1) is 0 Å². The highest BCUT2D eigenvalue weighted by molar-refractivity contribution is 6.34. The van der Waals surface area contributed by atoms with Gasteiger partial charge < -0.3 is 10.5 Å². The summed E-state index contributed by atoms with van der Waals surface area (Å²) >= 11 is 5.72. The zero-order chi connectivity index (χ0) is 12.6. The summed E-state index contributed by atoms with van der Waals surface area (Å²) in [6.07, 6.45) is -3.59. The lowest BCUT2D eigenvalue weighted by molar-refractivity contribution is -0.274. The molecule has 0 saturated heterocycles. The molecule has 0 aliphatic carbocycles. The van der Waals surface area contributed by atoms with E-state index in [0.29, 0.717) is 5.39 Å². The van der Waals surface area contributed by atoms with E-state index in [1.165, 1.54) is 18.3 Å². The molecule has 0 amide bonds. The van der Waals surface area contributed by atoms with Crippen LogP contribution in [0.4, 0.5) is 18.9 Å². The summed E-state index contributed by atoms with van der Waals surface area (Å²) in [5.41, 5.74) is 5.83. The normalized spacial score (nSPS) is 11.8. The van der Waals surface area contributed by atoms with E-state index in [1.54, 1.807) is 0 Å². The van der Waals surface area contributed by atoms with Gasteiger partial charge in [-0.1, -0.05) is 23.7 Å². The second-order valence-electron chi connectivity index (χ2n) is 3.22. The first kappa shape index (κ1) is 11.8. The average Bonchev–Trinajstić information content (AvgIpc) is 2.22. The number of aromatic nitrogens is 1. The quantitative estimate of drug-likeness (QED) is 0.857. The van der Waals surface area contributed by atoms with Gasteiger partial charge in [0, 0.05) is 11.6 Å². The van der Waals surface area contributed by atoms with Gasteiger partial charge in [0.15, 0.2) is 5.75 Å². The van der Waals surface area contributed by atoms with Crippen LogP contribution in [0.3, 0.4) is 0 Å². The Morgan fingerprint density at radius 3 is 2.65 bits per heavy atom. The highest BCUT2D eigenvalue weighted by Gasteiger charge is 2.32. The number of alkyl halides is 3. The van der Waals surface area contributed by atoms with Crippen molar-refractivity contribution in [3.05, 3.63) is 29.4 Å². The maximum Gasteiger partial charge on any atom is 0.573 e. The number of benzene rings is 1. The van der Waals surface area contributed by atoms with Gasteiger partial charge >= 0.3 is 6.36 Å². The fourth-order valence-electron chi connectivity index (χ4n) is 1.40. The molecule has 90 valence electrons. The maximum absolute atomic E-state index is 12.1. The lowest BCUT2D eigenvalue weighted by Crippen LogP contribution is -2.17. The predicted octanol–water partition coefficient (Wildman–Crippen LogP) is 3.37. The van der Waals surface area contributed by atoms with Crippen molar-refractivity contribution in [3.63, 3.8) is 0 Å². The predicted molar refractivity (Wildman–Crippen MR) is 57.8 cm³/mol. The highest BCUT2D eigenvalue weighted by Crippen LogP contribution is 2.34. The molecule has 0 spiro atoms. The molecule has 2 aromatic rings. The molecule has 0 radical (unpaired) electrons. The molecular formula is C10H6ClF3N2O. The van der Waals surface area contributed by atoms with Crippen LogP contribution in [0.1, 0.15) is 0 Å². The Hall–Kier alpha value is -1.69. The van der Waals surface area contributed by atoms with Crippen LogP contribution in [0.25, 0.3) is 10.9 Å². The maximum atomic E-state index is 12.1. The SMILES string of the molecule is Nc1c(Cl)cnc2c(OC(F)(F)F)cccc12. The first-order chi connectivity index (χ1) is 7.88. The van der Waals surface area contributed by atoms with Gasteiger partial charge in [-0.05, 0) is 6.07 Å². The molecule has 0 saturated carbocycles. The van der Waals surface area contributed by atoms with Crippen LogP contribution < -0.4 is 10.5 Å². The van der Waals surface area contributed by atoms with E-state index < -0.39 is 12.1 Å². The fourth-order valence-corrected chi connectivity index (χ4v) is 1.55. The van der Waals surface area contributed by atoms with Crippen molar-refractivity contribution in [2.24, 2.45) is 0 Å². The zero-order valence-corrected chi connectivity index (χ0v) is 9.01. The Labute approximate surface area is 99.0 Å². The topological polar surface area (TPSA) is 48.1 Å². The lowest BCUT2D eigenvalue weighted by atomic mass is 10.2. The number of ether oxygens (including phenoxy) is 1. The summed E-state index contributed by atoms with van der Waals surface area (Å²) in [4.78, 5) is 3.79. The molecule has 2 rings (SSSR count). The van der Waals surface area contributed by atoms with Crippen LogP contribution in [-0.2, 0) is 0 Å². The number of nitrogen functional groups attached to an aromatic ring is 1. The van der Waals surface area contributed by atoms with Crippen LogP contribution in [-0.4, -0.2) is 11.3 Å². The zero-order valence-electron chi connectivity index (χ0n) is 8.25. The summed E-state index contributed by atoms with van der Waals surface area (Å²) in [5, 5.41) is 0.501. The number of para-hydroxylation sites is 1. The van der Waals surface area contributed by atoms with Gasteiger partial charge in [0.2, 0.25) is 0 Å². The number of fused-ring (bicyclic) bond motifs is 1. The molecule has 1 heterocycles. The third-order valence-electron chi connectivity index (χ3n) is 2.08. The average molecular weight is 263 g/mol. The van der Waals surface area contributed by atoms with Crippen LogP contribution >= 0.6 is 11.6 Å². The summed E-state index contributed by atoms with van der Waals surface area (Å²) in [7, 11) is 0. The minimum atomic E-state index is -4.77. The van der Waals surface area contributed by atoms with Crippen molar-refractivity contribution in [3.8, 4) is 5.75 Å². The summed E-state index contributed by atoms with van der Waals surface area (Å²) < 4.78 is 40.3. The molecular weight excluding hydrogens is 257 g/mol. The number of pyridine rings is 1. The minimum absolute atomic E-state index is 0.0201. The first-order valence-corrected chi connectivity index (χ1v) is 4.85. The third kappa shape index (κ3) is 2.36. The van der Waals surface area contributed by atoms with Crippen LogP contribution in [0.5, 0.6) is 5.75 Å². The Kier molecular flexibility index (Phi) is 2.74. The first-order valence-electron chi connectivity index (χ1n) is 4.47. The molecule has 3 nitrogen and oxygen atoms in total. The standard InChI is InChI=1S/C10H6ClF3N2O/c11-6-4-16-9-5(8(6)15)2-1-3-7(9)17-10(12,13)14/h1-4H,(H2,15,16). The molecule has 17 heavy (non-hydrogen) atoms. The molecule has 7 heteroatoms. The fraction of sp³-hybridized carbons (Fsp3) is 0.100.